The van der Waals surface area contributed by atoms with Gasteiger partial charge in [-0.25, -0.2) is 9.67 Å². The first-order valence-corrected chi connectivity index (χ1v) is 9.63. The minimum absolute atomic E-state index is 0.0523. The smallest absolute Gasteiger partial charge is 0.295 e. The number of aromatic nitrogens is 3. The Balaban J connectivity index is 1.74. The second-order valence-electron chi connectivity index (χ2n) is 6.46. The number of aryl methyl sites for hydroxylation is 1. The molecule has 0 radical (unpaired) electrons. The van der Waals surface area contributed by atoms with Crippen molar-refractivity contribution in [1.82, 2.24) is 14.8 Å². The predicted octanol–water partition coefficient (Wildman–Crippen LogP) is 5.80. The van der Waals surface area contributed by atoms with E-state index in [9.17, 15) is 4.79 Å². The van der Waals surface area contributed by atoms with Crippen LogP contribution < -0.4 is 5.32 Å². The van der Waals surface area contributed by atoms with Gasteiger partial charge in [0, 0.05) is 11.3 Å². The first-order chi connectivity index (χ1) is 14.0. The Morgan fingerprint density at radius 3 is 2.45 bits per heavy atom. The van der Waals surface area contributed by atoms with Crippen molar-refractivity contribution in [3.8, 4) is 17.1 Å². The normalized spacial score (nSPS) is 10.7. The molecule has 0 aliphatic rings. The molecule has 144 valence electrons. The van der Waals surface area contributed by atoms with Crippen LogP contribution in [0.25, 0.3) is 17.1 Å². The van der Waals surface area contributed by atoms with Crippen molar-refractivity contribution in [2.75, 3.05) is 5.32 Å². The lowest BCUT2D eigenvalue weighted by molar-refractivity contribution is 0.101. The van der Waals surface area contributed by atoms with E-state index in [1.54, 1.807) is 22.9 Å². The lowest BCUT2D eigenvalue weighted by Gasteiger charge is -2.06. The molecule has 29 heavy (non-hydrogen) atoms. The summed E-state index contributed by atoms with van der Waals surface area (Å²) >= 11 is 12.0. The van der Waals surface area contributed by atoms with Crippen LogP contribution in [0.15, 0.2) is 72.8 Å². The Kier molecular flexibility index (Phi) is 5.34. The Morgan fingerprint density at radius 2 is 1.72 bits per heavy atom. The first kappa shape index (κ1) is 19.2. The van der Waals surface area contributed by atoms with Crippen LogP contribution in [0, 0.1) is 6.92 Å². The topological polar surface area (TPSA) is 59.8 Å². The summed E-state index contributed by atoms with van der Waals surface area (Å²) < 4.78 is 1.67. The number of benzene rings is 3. The molecule has 1 aromatic heterocycles. The average Bonchev–Trinajstić information content (AvgIpc) is 3.17. The van der Waals surface area contributed by atoms with Gasteiger partial charge in [0.25, 0.3) is 5.91 Å². The van der Waals surface area contributed by atoms with Gasteiger partial charge in [-0.3, -0.25) is 4.79 Å². The largest absolute Gasteiger partial charge is 0.319 e. The van der Waals surface area contributed by atoms with Gasteiger partial charge in [-0.05, 0) is 43.3 Å². The van der Waals surface area contributed by atoms with Gasteiger partial charge in [0.1, 0.15) is 0 Å². The lowest BCUT2D eigenvalue weighted by Crippen LogP contribution is -2.14. The van der Waals surface area contributed by atoms with Crippen molar-refractivity contribution < 1.29 is 4.79 Å². The fraction of sp³-hybridized carbons (Fsp3) is 0.0455. The number of anilines is 1. The quantitative estimate of drug-likeness (QED) is 0.451. The second-order valence-corrected chi connectivity index (χ2v) is 7.27. The Bertz CT molecular complexity index is 1190. The van der Waals surface area contributed by atoms with Gasteiger partial charge in [0.2, 0.25) is 5.82 Å². The summed E-state index contributed by atoms with van der Waals surface area (Å²) in [5.41, 5.74) is 3.28. The van der Waals surface area contributed by atoms with Gasteiger partial charge in [-0.2, -0.15) is 0 Å². The van der Waals surface area contributed by atoms with Crippen LogP contribution >= 0.6 is 23.2 Å². The molecule has 7 heteroatoms. The van der Waals surface area contributed by atoms with Crippen LogP contribution in [0.2, 0.25) is 10.0 Å². The molecule has 3 aromatic carbocycles. The standard InChI is InChI=1S/C22H16Cl2N4O/c1-14-6-5-7-15(12-14)21-26-20(27-28(21)17-8-3-2-4-9-17)22(29)25-16-10-11-18(23)19(24)13-16/h2-13H,1H3,(H,25,29). The van der Waals surface area contributed by atoms with E-state index in [1.165, 1.54) is 0 Å². The number of hydrogen-bond acceptors (Lipinski definition) is 3. The fourth-order valence-electron chi connectivity index (χ4n) is 2.89. The van der Waals surface area contributed by atoms with Gasteiger partial charge < -0.3 is 5.32 Å². The number of amides is 1. The molecule has 0 atom stereocenters. The SMILES string of the molecule is Cc1cccc(-c2nc(C(=O)Nc3ccc(Cl)c(Cl)c3)nn2-c2ccccc2)c1. The van der Waals surface area contributed by atoms with E-state index in [0.717, 1.165) is 16.8 Å². The van der Waals surface area contributed by atoms with Crippen LogP contribution in [0.5, 0.6) is 0 Å². The number of carbonyl (C=O) groups is 1. The predicted molar refractivity (Wildman–Crippen MR) is 116 cm³/mol. The van der Waals surface area contributed by atoms with Gasteiger partial charge >= 0.3 is 0 Å². The van der Waals surface area contributed by atoms with E-state index < -0.39 is 5.91 Å². The van der Waals surface area contributed by atoms with Crippen molar-refractivity contribution in [3.63, 3.8) is 0 Å². The summed E-state index contributed by atoms with van der Waals surface area (Å²) in [6.07, 6.45) is 0. The van der Waals surface area contributed by atoms with Crippen LogP contribution in [0.1, 0.15) is 16.2 Å². The third-order valence-corrected chi connectivity index (χ3v) is 5.00. The summed E-state index contributed by atoms with van der Waals surface area (Å²) in [5, 5.41) is 7.99. The zero-order valence-corrected chi connectivity index (χ0v) is 16.9. The summed E-state index contributed by atoms with van der Waals surface area (Å²) in [4.78, 5) is 17.3. The highest BCUT2D eigenvalue weighted by Crippen LogP contribution is 2.26. The molecule has 0 aliphatic carbocycles. The molecular formula is C22H16Cl2N4O. The van der Waals surface area contributed by atoms with Crippen molar-refractivity contribution in [1.29, 1.82) is 0 Å². The first-order valence-electron chi connectivity index (χ1n) is 8.87. The van der Waals surface area contributed by atoms with Gasteiger partial charge in [0.15, 0.2) is 5.82 Å². The Morgan fingerprint density at radius 1 is 0.931 bits per heavy atom. The van der Waals surface area contributed by atoms with E-state index >= 15 is 0 Å². The van der Waals surface area contributed by atoms with Crippen LogP contribution in [-0.2, 0) is 0 Å². The van der Waals surface area contributed by atoms with E-state index in [0.29, 0.717) is 21.6 Å². The maximum atomic E-state index is 12.8. The molecule has 5 nitrogen and oxygen atoms in total. The second kappa shape index (κ2) is 8.07. The zero-order chi connectivity index (χ0) is 20.4. The zero-order valence-electron chi connectivity index (χ0n) is 15.4. The molecule has 1 heterocycles. The molecule has 0 saturated heterocycles. The molecule has 4 rings (SSSR count). The molecule has 0 spiro atoms. The molecule has 1 N–H and O–H groups in total. The van der Waals surface area contributed by atoms with E-state index in [-0.39, 0.29) is 5.82 Å². The highest BCUT2D eigenvalue weighted by molar-refractivity contribution is 6.42. The molecule has 0 fully saturated rings. The van der Waals surface area contributed by atoms with E-state index in [1.807, 2.05) is 61.5 Å². The van der Waals surface area contributed by atoms with Gasteiger partial charge in [-0.15, -0.1) is 5.10 Å². The van der Waals surface area contributed by atoms with E-state index in [4.69, 9.17) is 23.2 Å². The molecule has 0 unspecified atom stereocenters. The minimum atomic E-state index is -0.438. The van der Waals surface area contributed by atoms with Crippen LogP contribution in [0.4, 0.5) is 5.69 Å². The number of para-hydroxylation sites is 1. The molecule has 0 aliphatic heterocycles. The Hall–Kier alpha value is -3.15. The third-order valence-electron chi connectivity index (χ3n) is 4.26. The maximum absolute atomic E-state index is 12.8. The van der Waals surface area contributed by atoms with Crippen molar-refractivity contribution in [2.45, 2.75) is 6.92 Å². The van der Waals surface area contributed by atoms with E-state index in [2.05, 4.69) is 15.4 Å². The number of rotatable bonds is 4. The summed E-state index contributed by atoms with van der Waals surface area (Å²) in [6, 6.07) is 22.3. The van der Waals surface area contributed by atoms with Crippen molar-refractivity contribution in [3.05, 3.63) is 94.2 Å². The van der Waals surface area contributed by atoms with Crippen molar-refractivity contribution >= 4 is 34.8 Å². The Labute approximate surface area is 177 Å². The summed E-state index contributed by atoms with van der Waals surface area (Å²) in [7, 11) is 0. The average molecular weight is 423 g/mol. The van der Waals surface area contributed by atoms with Gasteiger partial charge in [0.05, 0.1) is 15.7 Å². The summed E-state index contributed by atoms with van der Waals surface area (Å²) in [6.45, 7) is 2.00. The number of carbonyl (C=O) groups excluding carboxylic acids is 1. The molecule has 1 amide bonds. The van der Waals surface area contributed by atoms with Gasteiger partial charge in [-0.1, -0.05) is 65.2 Å². The fourth-order valence-corrected chi connectivity index (χ4v) is 3.19. The molecular weight excluding hydrogens is 407 g/mol. The number of nitrogens with one attached hydrogen (secondary N) is 1. The van der Waals surface area contributed by atoms with Crippen LogP contribution in [-0.4, -0.2) is 20.7 Å². The third kappa shape index (κ3) is 4.16. The van der Waals surface area contributed by atoms with Crippen molar-refractivity contribution in [2.24, 2.45) is 0 Å². The molecule has 0 bridgehead atoms. The number of nitrogens with zero attached hydrogens (tertiary/aromatic N) is 3. The number of hydrogen-bond donors (Lipinski definition) is 1. The number of halogens is 2. The monoisotopic (exact) mass is 422 g/mol. The highest BCUT2D eigenvalue weighted by atomic mass is 35.5. The lowest BCUT2D eigenvalue weighted by atomic mass is 10.1. The summed E-state index contributed by atoms with van der Waals surface area (Å²) in [5.74, 6) is 0.197. The minimum Gasteiger partial charge on any atom is -0.319 e. The maximum Gasteiger partial charge on any atom is 0.295 e. The van der Waals surface area contributed by atoms with Crippen LogP contribution in [0.3, 0.4) is 0 Å². The molecule has 0 saturated carbocycles. The highest BCUT2D eigenvalue weighted by Gasteiger charge is 2.19. The molecule has 4 aromatic rings.